The van der Waals surface area contributed by atoms with Crippen LogP contribution >= 0.6 is 0 Å². The number of amides is 1. The Labute approximate surface area is 404 Å². The Balaban J connectivity index is 1.54. The molecule has 68 heavy (non-hydrogen) atoms. The van der Waals surface area contributed by atoms with Crippen LogP contribution in [0.15, 0.2) is 53.1 Å². The minimum atomic E-state index is -3.09. The summed E-state index contributed by atoms with van der Waals surface area (Å²) >= 11 is 0. The molecule has 16 heteroatoms. The molecule has 2 aromatic carbocycles. The maximum absolute atomic E-state index is 18.1. The van der Waals surface area contributed by atoms with E-state index in [1.54, 1.807) is 26.8 Å². The Hall–Kier alpha value is -4.62. The summed E-state index contributed by atoms with van der Waals surface area (Å²) in [5.41, 5.74) is -1.83. The second kappa shape index (κ2) is 17.7. The summed E-state index contributed by atoms with van der Waals surface area (Å²) in [5, 5.41) is 16.8. The second-order valence-electron chi connectivity index (χ2n) is 23.5. The van der Waals surface area contributed by atoms with Gasteiger partial charge in [0, 0.05) is 41.7 Å². The number of aliphatic hydroxyl groups is 1. The number of rotatable bonds is 11. The number of nitrogens with zero attached hydrogens (tertiary/aromatic N) is 4. The van der Waals surface area contributed by atoms with Gasteiger partial charge >= 0.3 is 6.09 Å². The number of aliphatic hydroxyl groups excluding tert-OH is 1. The van der Waals surface area contributed by atoms with Gasteiger partial charge in [-0.05, 0) is 114 Å². The molecule has 1 unspecified atom stereocenters. The molecule has 1 aliphatic heterocycles. The molecule has 1 saturated carbocycles. The fourth-order valence-corrected chi connectivity index (χ4v) is 12.3. The Kier molecular flexibility index (Phi) is 13.3. The number of halogens is 1. The molecule has 0 radical (unpaired) electrons. The Morgan fingerprint density at radius 1 is 0.985 bits per heavy atom. The second-order valence-corrected chi connectivity index (χ2v) is 32.9. The smallest absolute Gasteiger partial charge is 0.414 e. The van der Waals surface area contributed by atoms with Crippen molar-refractivity contribution in [2.45, 2.75) is 148 Å². The van der Waals surface area contributed by atoms with Crippen molar-refractivity contribution in [3.05, 3.63) is 88.0 Å². The van der Waals surface area contributed by atoms with Crippen LogP contribution in [0.4, 0.5) is 14.9 Å². The highest BCUT2D eigenvalue weighted by Crippen LogP contribution is 2.61. The molecule has 5 atom stereocenters. The van der Waals surface area contributed by atoms with Gasteiger partial charge in [-0.3, -0.25) is 19.4 Å². The summed E-state index contributed by atoms with van der Waals surface area (Å²) in [6.07, 6.45) is 1.54. The van der Waals surface area contributed by atoms with Gasteiger partial charge in [-0.25, -0.2) is 9.18 Å². The molecule has 3 aliphatic carbocycles. The van der Waals surface area contributed by atoms with Crippen LogP contribution in [-0.4, -0.2) is 99.8 Å². The van der Waals surface area contributed by atoms with Crippen LogP contribution < -0.4 is 14.1 Å². The lowest BCUT2D eigenvalue weighted by molar-refractivity contribution is -0.140. The number of fused-ring (bicyclic) bond motifs is 5. The molecule has 13 nitrogen and oxygen atoms in total. The Morgan fingerprint density at radius 2 is 1.62 bits per heavy atom. The lowest BCUT2D eigenvalue weighted by Crippen LogP contribution is -2.68. The summed E-state index contributed by atoms with van der Waals surface area (Å²) in [5.74, 6) is -3.80. The number of carbonyl (C=O) groups is 3. The van der Waals surface area contributed by atoms with Crippen molar-refractivity contribution in [3.8, 4) is 11.6 Å². The fourth-order valence-electron chi connectivity index (χ4n) is 9.88. The van der Waals surface area contributed by atoms with Crippen LogP contribution in [0.2, 0.25) is 36.3 Å². The van der Waals surface area contributed by atoms with Crippen LogP contribution in [0, 0.1) is 17.7 Å². The van der Waals surface area contributed by atoms with E-state index in [4.69, 9.17) is 22.8 Å². The van der Waals surface area contributed by atoms with Crippen molar-refractivity contribution in [1.29, 1.82) is 0 Å². The number of aromatic nitrogens is 1. The number of likely N-dealkylation sites (N-methyl/N-ethyl adjacent to an activating group) is 1. The quantitative estimate of drug-likeness (QED) is 0.111. The minimum Gasteiger partial charge on any atom is -0.528 e. The molecular formula is C52H73FN4O9Si2. The molecule has 0 bridgehead atoms. The zero-order chi connectivity index (χ0) is 50.4. The maximum atomic E-state index is 18.1. The highest BCUT2D eigenvalue weighted by atomic mass is 28.4. The van der Waals surface area contributed by atoms with Crippen LogP contribution in [0.1, 0.15) is 126 Å². The monoisotopic (exact) mass is 972 g/mol. The molecule has 2 heterocycles. The molecule has 370 valence electrons. The van der Waals surface area contributed by atoms with E-state index in [9.17, 15) is 9.90 Å². The van der Waals surface area contributed by atoms with Crippen LogP contribution in [0.25, 0.3) is 5.76 Å². The van der Waals surface area contributed by atoms with Gasteiger partial charge in [0.25, 0.3) is 14.2 Å². The largest absolute Gasteiger partial charge is 0.528 e. The van der Waals surface area contributed by atoms with E-state index in [2.05, 4.69) is 32.5 Å². The number of hydrogen-bond acceptors (Lipinski definition) is 12. The third kappa shape index (κ3) is 8.59. The first-order chi connectivity index (χ1) is 31.4. The lowest BCUT2D eigenvalue weighted by atomic mass is 9.57. The first-order valence-corrected chi connectivity index (χ1v) is 29.7. The van der Waals surface area contributed by atoms with Gasteiger partial charge in [-0.15, -0.1) is 6.58 Å². The molecule has 4 aliphatic rings. The molecule has 1 amide bonds. The average molecular weight is 973 g/mol. The first-order valence-electron chi connectivity index (χ1n) is 23.8. The highest BCUT2D eigenvalue weighted by Gasteiger charge is 2.69. The number of ether oxygens (including phenoxy) is 2. The Morgan fingerprint density at radius 3 is 2.19 bits per heavy atom. The third-order valence-electron chi connectivity index (χ3n) is 15.4. The van der Waals surface area contributed by atoms with Crippen molar-refractivity contribution in [3.63, 3.8) is 0 Å². The zero-order valence-electron chi connectivity index (χ0n) is 43.1. The summed E-state index contributed by atoms with van der Waals surface area (Å²) in [6, 6.07) is 8.16. The molecule has 1 aromatic heterocycles. The van der Waals surface area contributed by atoms with Crippen LogP contribution in [-0.2, 0) is 27.0 Å². The average Bonchev–Trinajstić information content (AvgIpc) is 3.62. The number of benzene rings is 2. The van der Waals surface area contributed by atoms with E-state index in [0.29, 0.717) is 13.0 Å². The number of hydrogen-bond donors (Lipinski definition) is 1. The third-order valence-corrected chi connectivity index (χ3v) is 24.1. The van der Waals surface area contributed by atoms with Gasteiger partial charge in [-0.2, -0.15) is 0 Å². The van der Waals surface area contributed by atoms with Crippen molar-refractivity contribution in [1.82, 2.24) is 15.0 Å². The molecule has 0 spiro atoms. The lowest BCUT2D eigenvalue weighted by Gasteiger charge is -2.55. The van der Waals surface area contributed by atoms with E-state index in [0.717, 1.165) is 5.56 Å². The summed E-state index contributed by atoms with van der Waals surface area (Å²) in [6.45, 7) is 30.3. The fraction of sp³-hybridized carbons (Fsp3) is 0.577. The predicted molar refractivity (Wildman–Crippen MR) is 267 cm³/mol. The van der Waals surface area contributed by atoms with E-state index >= 15 is 14.0 Å². The topological polar surface area (TPSA) is 144 Å². The molecular weight excluding hydrogens is 900 g/mol. The Bertz CT molecular complexity index is 2530. The standard InChI is InChI=1S/C52H73FN4O9Si2/c1-18-25-56(13)40-33-28-31-27-32-36(43(62-29-30-22-20-19-21-23-30)41-37(39(32)53)34(55(11)12)24-26-57(41)48(61)63-49(2,3)4)42(58)35(31)45(59)52(33,66-68(16,17)51(8,9)10)46(60)38-44(40)64-54-47(38)65-67(14,15)50(5,6)7/h18-23,31,33-34,40,58H,1,24-29H2,2-17H3/t31-,33-,34?,40-,52-/m0/s1. The SMILES string of the molecule is C=CCN(C)[C@@H]1c2onc(O[Si](C)(C)C(C)(C)C)c2C(=O)[C@@]2(O[Si](C)(C)C(C)(C)C)C(=O)C3=C(O)c4c(c(F)c5c(c4OCc4ccccc4)N(C(=O)OC(C)(C)C)CCC5N(C)C)C[C@H]3C[C@@H]12. The maximum Gasteiger partial charge on any atom is 0.414 e. The number of anilines is 1. The van der Waals surface area contributed by atoms with Crippen molar-refractivity contribution in [2.24, 2.45) is 11.8 Å². The van der Waals surface area contributed by atoms with E-state index in [1.165, 1.54) is 4.90 Å². The molecule has 7 rings (SSSR count). The van der Waals surface area contributed by atoms with Gasteiger partial charge in [0.05, 0.1) is 17.3 Å². The highest BCUT2D eigenvalue weighted by molar-refractivity contribution is 6.75. The van der Waals surface area contributed by atoms with Gasteiger partial charge in [0.2, 0.25) is 11.6 Å². The molecule has 1 fully saturated rings. The number of Topliss-reactive ketones (excluding diaryl/α,β-unsaturated/α-hetero) is 2. The van der Waals surface area contributed by atoms with Crippen molar-refractivity contribution >= 4 is 45.7 Å². The number of carbonyl (C=O) groups excluding carboxylic acids is 3. The van der Waals surface area contributed by atoms with E-state index in [-0.39, 0.29) is 81.9 Å². The summed E-state index contributed by atoms with van der Waals surface area (Å²) < 4.78 is 51.2. The van der Waals surface area contributed by atoms with E-state index < -0.39 is 86.0 Å². The van der Waals surface area contributed by atoms with Crippen LogP contribution in [0.5, 0.6) is 11.6 Å². The number of ketones is 2. The van der Waals surface area contributed by atoms with Gasteiger partial charge in [0.15, 0.2) is 25.4 Å². The first kappa shape index (κ1) is 51.2. The minimum absolute atomic E-state index is 0.00958. The van der Waals surface area contributed by atoms with Crippen molar-refractivity contribution in [2.75, 3.05) is 39.1 Å². The predicted octanol–water partition coefficient (Wildman–Crippen LogP) is 11.4. The summed E-state index contributed by atoms with van der Waals surface area (Å²) in [7, 11) is -0.147. The van der Waals surface area contributed by atoms with E-state index in [1.807, 2.05) is 108 Å². The van der Waals surface area contributed by atoms with Gasteiger partial charge in [-0.1, -0.05) is 78.0 Å². The molecule has 3 aromatic rings. The summed E-state index contributed by atoms with van der Waals surface area (Å²) in [4.78, 5) is 52.0. The normalized spacial score (nSPS) is 23.2. The van der Waals surface area contributed by atoms with Crippen LogP contribution in [0.3, 0.4) is 0 Å². The van der Waals surface area contributed by atoms with Gasteiger partial charge < -0.3 is 32.9 Å². The zero-order valence-corrected chi connectivity index (χ0v) is 45.1. The molecule has 0 saturated heterocycles. The molecule has 1 N–H and O–H groups in total. The van der Waals surface area contributed by atoms with Gasteiger partial charge in [0.1, 0.15) is 29.3 Å². The van der Waals surface area contributed by atoms with Crippen molar-refractivity contribution < 1.29 is 46.7 Å².